The topological polar surface area (TPSA) is 49.0 Å². The van der Waals surface area contributed by atoms with Gasteiger partial charge in [0.15, 0.2) is 0 Å². The normalized spacial score (nSPS) is 17.3. The van der Waals surface area contributed by atoms with E-state index in [0.29, 0.717) is 6.54 Å². The van der Waals surface area contributed by atoms with Gasteiger partial charge in [-0.1, -0.05) is 12.8 Å². The molecule has 1 aliphatic rings. The van der Waals surface area contributed by atoms with Gasteiger partial charge in [-0.15, -0.1) is 0 Å². The third kappa shape index (κ3) is 2.95. The van der Waals surface area contributed by atoms with E-state index in [1.165, 1.54) is 12.8 Å². The maximum atomic E-state index is 9.78. The predicted molar refractivity (Wildman–Crippen MR) is 31.4 cm³/mol. The van der Waals surface area contributed by atoms with Gasteiger partial charge in [0.25, 0.3) is 0 Å². The molecule has 0 saturated heterocycles. The van der Waals surface area contributed by atoms with Gasteiger partial charge in [-0.05, 0) is 12.3 Å². The van der Waals surface area contributed by atoms with E-state index in [9.17, 15) is 9.90 Å². The zero-order chi connectivity index (χ0) is 6.69. The number of hydrogen-bond donors (Lipinski definition) is 1. The molecule has 3 heteroatoms. The molecule has 0 aromatic carbocycles. The lowest BCUT2D eigenvalue weighted by atomic mass is 10.3. The smallest absolute Gasteiger partial charge is 0.318 e. The molecule has 51 valence electrons. The fourth-order valence-electron chi connectivity index (χ4n) is 0.785. The van der Waals surface area contributed by atoms with Crippen LogP contribution in [0.25, 0.3) is 0 Å². The van der Waals surface area contributed by atoms with E-state index in [4.69, 9.17) is 0 Å². The summed E-state index contributed by atoms with van der Waals surface area (Å²) in [5.41, 5.74) is 0. The van der Waals surface area contributed by atoms with Crippen molar-refractivity contribution in [3.63, 3.8) is 0 Å². The molecule has 0 bridgehead atoms. The van der Waals surface area contributed by atoms with Crippen molar-refractivity contribution in [2.24, 2.45) is 5.92 Å². The minimum Gasteiger partial charge on any atom is -0.318 e. The summed E-state index contributed by atoms with van der Waals surface area (Å²) in [5.74, 6) is 0.789. The highest BCUT2D eigenvalue weighted by Crippen LogP contribution is 2.31. The molecule has 0 atom stereocenters. The van der Waals surface area contributed by atoms with Crippen molar-refractivity contribution in [1.82, 2.24) is 5.32 Å². The Hall–Kier alpha value is -0.730. The molecule has 1 aliphatic carbocycles. The standard InChI is InChI=1S/C6H10NO2/c8-6(9)7-4-3-5-1-2-5/h5,7H,1-4H2. The molecule has 1 rings (SSSR count). The molecule has 9 heavy (non-hydrogen) atoms. The van der Waals surface area contributed by atoms with Crippen LogP contribution in [-0.4, -0.2) is 12.6 Å². The van der Waals surface area contributed by atoms with E-state index >= 15 is 0 Å². The van der Waals surface area contributed by atoms with Gasteiger partial charge in [0.2, 0.25) is 0 Å². The maximum Gasteiger partial charge on any atom is 0.450 e. The van der Waals surface area contributed by atoms with Crippen LogP contribution in [0.15, 0.2) is 0 Å². The van der Waals surface area contributed by atoms with Crippen LogP contribution in [0.2, 0.25) is 0 Å². The van der Waals surface area contributed by atoms with E-state index in [1.54, 1.807) is 0 Å². The van der Waals surface area contributed by atoms with Gasteiger partial charge in [0, 0.05) is 6.54 Å². The number of amides is 1. The first kappa shape index (κ1) is 6.39. The molecule has 1 radical (unpaired) electrons. The average molecular weight is 128 g/mol. The van der Waals surface area contributed by atoms with Gasteiger partial charge in [-0.25, -0.2) is 9.90 Å². The van der Waals surface area contributed by atoms with E-state index in [-0.39, 0.29) is 0 Å². The number of carbonyl (C=O) groups excluding carboxylic acids is 1. The number of hydrogen-bond acceptors (Lipinski definition) is 1. The maximum absolute atomic E-state index is 9.78. The lowest BCUT2D eigenvalue weighted by molar-refractivity contribution is 0.168. The molecule has 1 saturated carbocycles. The van der Waals surface area contributed by atoms with Gasteiger partial charge in [-0.3, -0.25) is 0 Å². The zero-order valence-electron chi connectivity index (χ0n) is 5.22. The van der Waals surface area contributed by atoms with Gasteiger partial charge in [-0.2, -0.15) is 0 Å². The third-order valence-corrected chi connectivity index (χ3v) is 1.52. The Morgan fingerprint density at radius 1 is 1.56 bits per heavy atom. The summed E-state index contributed by atoms with van der Waals surface area (Å²) in [6, 6.07) is 0. The van der Waals surface area contributed by atoms with E-state index in [2.05, 4.69) is 5.32 Å². The molecule has 0 spiro atoms. The lowest BCUT2D eigenvalue weighted by Gasteiger charge is -1.94. The number of rotatable bonds is 3. The first-order valence-electron chi connectivity index (χ1n) is 3.24. The van der Waals surface area contributed by atoms with Crippen LogP contribution in [0.3, 0.4) is 0 Å². The summed E-state index contributed by atoms with van der Waals surface area (Å²) in [4.78, 5) is 9.78. The van der Waals surface area contributed by atoms with Gasteiger partial charge in [0.1, 0.15) is 0 Å². The predicted octanol–water partition coefficient (Wildman–Crippen LogP) is 0.927. The Kier molecular flexibility index (Phi) is 1.92. The third-order valence-electron chi connectivity index (χ3n) is 1.52. The highest BCUT2D eigenvalue weighted by Gasteiger charge is 2.20. The molecular weight excluding hydrogens is 118 g/mol. The molecular formula is C6H10NO2. The number of nitrogens with one attached hydrogen (secondary N) is 1. The Balaban J connectivity index is 1.86. The molecule has 3 nitrogen and oxygen atoms in total. The molecule has 1 fully saturated rings. The summed E-state index contributed by atoms with van der Waals surface area (Å²) in [5, 5.41) is 12.0. The van der Waals surface area contributed by atoms with Gasteiger partial charge < -0.3 is 5.32 Å². The van der Waals surface area contributed by atoms with Crippen LogP contribution in [-0.2, 0) is 5.11 Å². The minimum absolute atomic E-state index is 0.562. The second-order valence-corrected chi connectivity index (χ2v) is 2.45. The highest BCUT2D eigenvalue weighted by molar-refractivity contribution is 5.63. The van der Waals surface area contributed by atoms with Crippen molar-refractivity contribution in [2.45, 2.75) is 19.3 Å². The molecule has 0 aromatic heterocycles. The summed E-state index contributed by atoms with van der Waals surface area (Å²) in [6.45, 7) is 0.562. The second-order valence-electron chi connectivity index (χ2n) is 2.45. The zero-order valence-corrected chi connectivity index (χ0v) is 5.22. The fourth-order valence-corrected chi connectivity index (χ4v) is 0.785. The highest BCUT2D eigenvalue weighted by atomic mass is 16.4. The Labute approximate surface area is 54.1 Å². The van der Waals surface area contributed by atoms with E-state index in [0.717, 1.165) is 12.3 Å². The lowest BCUT2D eigenvalue weighted by Crippen LogP contribution is -2.20. The van der Waals surface area contributed by atoms with Crippen LogP contribution in [0, 0.1) is 5.92 Å². The van der Waals surface area contributed by atoms with E-state index in [1.807, 2.05) is 0 Å². The summed E-state index contributed by atoms with van der Waals surface area (Å²) in [7, 11) is 0. The molecule has 1 N–H and O–H groups in total. The van der Waals surface area contributed by atoms with Gasteiger partial charge >= 0.3 is 6.09 Å². The summed E-state index contributed by atoms with van der Waals surface area (Å²) >= 11 is 0. The first-order valence-corrected chi connectivity index (χ1v) is 3.24. The van der Waals surface area contributed by atoms with Crippen molar-refractivity contribution in [2.75, 3.05) is 6.54 Å². The quantitative estimate of drug-likeness (QED) is 0.603. The molecule has 1 amide bonds. The fraction of sp³-hybridized carbons (Fsp3) is 0.833. The monoisotopic (exact) mass is 128 g/mol. The average Bonchev–Trinajstić information content (AvgIpc) is 2.48. The largest absolute Gasteiger partial charge is 0.450 e. The van der Waals surface area contributed by atoms with Gasteiger partial charge in [0.05, 0.1) is 0 Å². The Morgan fingerprint density at radius 3 is 2.67 bits per heavy atom. The van der Waals surface area contributed by atoms with Crippen molar-refractivity contribution in [3.05, 3.63) is 0 Å². The summed E-state index contributed by atoms with van der Waals surface area (Å²) in [6.07, 6.45) is 2.37. The minimum atomic E-state index is -1.16. The first-order chi connectivity index (χ1) is 4.29. The van der Waals surface area contributed by atoms with Crippen molar-refractivity contribution in [3.8, 4) is 0 Å². The van der Waals surface area contributed by atoms with Crippen LogP contribution in [0.4, 0.5) is 4.79 Å². The molecule has 0 unspecified atom stereocenters. The molecule has 0 heterocycles. The van der Waals surface area contributed by atoms with Crippen LogP contribution in [0.5, 0.6) is 0 Å². The molecule has 0 aliphatic heterocycles. The van der Waals surface area contributed by atoms with Crippen LogP contribution >= 0.6 is 0 Å². The number of carbonyl (C=O) groups is 1. The van der Waals surface area contributed by atoms with Crippen molar-refractivity contribution < 1.29 is 9.90 Å². The Bertz CT molecular complexity index is 110. The Morgan fingerprint density at radius 2 is 2.22 bits per heavy atom. The summed E-state index contributed by atoms with van der Waals surface area (Å²) < 4.78 is 0. The van der Waals surface area contributed by atoms with E-state index < -0.39 is 6.09 Å². The molecule has 0 aromatic rings. The van der Waals surface area contributed by atoms with Crippen molar-refractivity contribution in [1.29, 1.82) is 0 Å². The van der Waals surface area contributed by atoms with Crippen LogP contribution < -0.4 is 5.32 Å². The van der Waals surface area contributed by atoms with Crippen molar-refractivity contribution >= 4 is 6.09 Å². The SMILES string of the molecule is [O]C(=O)NCCC1CC1. The van der Waals surface area contributed by atoms with Crippen LogP contribution in [0.1, 0.15) is 19.3 Å². The second kappa shape index (κ2) is 2.71.